The summed E-state index contributed by atoms with van der Waals surface area (Å²) < 4.78 is 0.863. The van der Waals surface area contributed by atoms with E-state index in [2.05, 4.69) is 58.9 Å². The number of anilines is 1. The van der Waals surface area contributed by atoms with E-state index in [1.165, 1.54) is 25.7 Å². The van der Waals surface area contributed by atoms with E-state index in [9.17, 15) is 0 Å². The van der Waals surface area contributed by atoms with Gasteiger partial charge in [-0.3, -0.25) is 0 Å². The van der Waals surface area contributed by atoms with E-state index in [0.29, 0.717) is 5.41 Å². The third-order valence-corrected chi connectivity index (χ3v) is 3.83. The molecule has 20 heavy (non-hydrogen) atoms. The Labute approximate surface area is 132 Å². The van der Waals surface area contributed by atoms with Gasteiger partial charge in [-0.2, -0.15) is 0 Å². The second-order valence-electron chi connectivity index (χ2n) is 6.22. The SMILES string of the molecule is CCCCCC(C)(C)CNc1cc(Br)nc(CCC)n1. The van der Waals surface area contributed by atoms with Crippen LogP contribution in [0.15, 0.2) is 10.7 Å². The van der Waals surface area contributed by atoms with E-state index in [1.54, 1.807) is 0 Å². The number of hydrogen-bond donors (Lipinski definition) is 1. The van der Waals surface area contributed by atoms with Crippen molar-refractivity contribution in [3.63, 3.8) is 0 Å². The topological polar surface area (TPSA) is 37.8 Å². The van der Waals surface area contributed by atoms with Gasteiger partial charge in [0, 0.05) is 19.0 Å². The number of unbranched alkanes of at least 4 members (excludes halogenated alkanes) is 2. The zero-order chi connectivity index (χ0) is 15.0. The Morgan fingerprint density at radius 3 is 2.55 bits per heavy atom. The van der Waals surface area contributed by atoms with E-state index in [0.717, 1.165) is 35.6 Å². The number of nitrogens with zero attached hydrogens (tertiary/aromatic N) is 2. The second-order valence-corrected chi connectivity index (χ2v) is 7.03. The van der Waals surface area contributed by atoms with Gasteiger partial charge >= 0.3 is 0 Å². The molecule has 0 saturated heterocycles. The first-order chi connectivity index (χ1) is 9.46. The van der Waals surface area contributed by atoms with Crippen molar-refractivity contribution in [1.29, 1.82) is 0 Å². The molecule has 0 aliphatic rings. The van der Waals surface area contributed by atoms with Crippen molar-refractivity contribution in [2.24, 2.45) is 5.41 Å². The summed E-state index contributed by atoms with van der Waals surface area (Å²) in [5.74, 6) is 1.84. The van der Waals surface area contributed by atoms with E-state index < -0.39 is 0 Å². The average Bonchev–Trinajstić information content (AvgIpc) is 2.37. The molecule has 0 fully saturated rings. The molecule has 114 valence electrons. The Kier molecular flexibility index (Phi) is 7.49. The Hall–Kier alpha value is -0.640. The summed E-state index contributed by atoms with van der Waals surface area (Å²) in [6.07, 6.45) is 7.15. The molecule has 0 unspecified atom stereocenters. The van der Waals surface area contributed by atoms with Crippen LogP contribution in [0.25, 0.3) is 0 Å². The highest BCUT2D eigenvalue weighted by Gasteiger charge is 2.17. The quantitative estimate of drug-likeness (QED) is 0.494. The van der Waals surface area contributed by atoms with Gasteiger partial charge in [-0.1, -0.05) is 47.0 Å². The summed E-state index contributed by atoms with van der Waals surface area (Å²) in [6, 6.07) is 1.96. The first-order valence-electron chi connectivity index (χ1n) is 7.74. The molecule has 0 spiro atoms. The Morgan fingerprint density at radius 2 is 1.90 bits per heavy atom. The van der Waals surface area contributed by atoms with Gasteiger partial charge in [-0.25, -0.2) is 9.97 Å². The number of rotatable bonds is 9. The maximum absolute atomic E-state index is 4.57. The van der Waals surface area contributed by atoms with Crippen molar-refractivity contribution in [3.8, 4) is 0 Å². The van der Waals surface area contributed by atoms with Crippen LogP contribution in [0.2, 0.25) is 0 Å². The lowest BCUT2D eigenvalue weighted by molar-refractivity contribution is 0.342. The molecule has 1 N–H and O–H groups in total. The molecule has 0 saturated carbocycles. The van der Waals surface area contributed by atoms with Crippen LogP contribution in [0.4, 0.5) is 5.82 Å². The van der Waals surface area contributed by atoms with Crippen LogP contribution in [-0.2, 0) is 6.42 Å². The van der Waals surface area contributed by atoms with Gasteiger partial charge in [0.05, 0.1) is 0 Å². The molecule has 0 aromatic carbocycles. The molecular formula is C16H28BrN3. The highest BCUT2D eigenvalue weighted by Crippen LogP contribution is 2.24. The predicted molar refractivity (Wildman–Crippen MR) is 90.1 cm³/mol. The first kappa shape index (κ1) is 17.4. The number of halogens is 1. The standard InChI is InChI=1S/C16H28BrN3/c1-5-7-8-10-16(3,4)12-18-15-11-13(17)19-14(20-15)9-6-2/h11H,5-10,12H2,1-4H3,(H,18,19,20). The third-order valence-electron chi connectivity index (χ3n) is 3.42. The highest BCUT2D eigenvalue weighted by molar-refractivity contribution is 9.10. The predicted octanol–water partition coefficient (Wildman–Crippen LogP) is 5.21. The van der Waals surface area contributed by atoms with Crippen LogP contribution in [0, 0.1) is 5.41 Å². The molecule has 1 rings (SSSR count). The fourth-order valence-electron chi connectivity index (χ4n) is 2.16. The van der Waals surface area contributed by atoms with Crippen LogP contribution in [0.5, 0.6) is 0 Å². The second kappa shape index (κ2) is 8.60. The lowest BCUT2D eigenvalue weighted by Gasteiger charge is -2.25. The molecule has 0 bridgehead atoms. The Morgan fingerprint density at radius 1 is 1.15 bits per heavy atom. The van der Waals surface area contributed by atoms with Gasteiger partial charge in [0.15, 0.2) is 0 Å². The zero-order valence-corrected chi connectivity index (χ0v) is 14.9. The normalized spacial score (nSPS) is 11.7. The molecule has 0 aliphatic carbocycles. The van der Waals surface area contributed by atoms with Crippen LogP contribution < -0.4 is 5.32 Å². The lowest BCUT2D eigenvalue weighted by atomic mass is 9.87. The van der Waals surface area contributed by atoms with E-state index in [4.69, 9.17) is 0 Å². The summed E-state index contributed by atoms with van der Waals surface area (Å²) in [4.78, 5) is 8.96. The van der Waals surface area contributed by atoms with Crippen molar-refractivity contribution in [3.05, 3.63) is 16.5 Å². The Balaban J connectivity index is 2.55. The maximum Gasteiger partial charge on any atom is 0.132 e. The highest BCUT2D eigenvalue weighted by atomic mass is 79.9. The third kappa shape index (κ3) is 6.69. The van der Waals surface area contributed by atoms with Gasteiger partial charge in [-0.15, -0.1) is 0 Å². The number of nitrogens with one attached hydrogen (secondary N) is 1. The van der Waals surface area contributed by atoms with Gasteiger partial charge in [-0.05, 0) is 34.2 Å². The molecule has 3 nitrogen and oxygen atoms in total. The molecule has 1 aromatic rings. The molecule has 0 atom stereocenters. The monoisotopic (exact) mass is 341 g/mol. The van der Waals surface area contributed by atoms with Crippen molar-refractivity contribution < 1.29 is 0 Å². The molecule has 1 aromatic heterocycles. The average molecular weight is 342 g/mol. The van der Waals surface area contributed by atoms with Crippen LogP contribution in [-0.4, -0.2) is 16.5 Å². The van der Waals surface area contributed by atoms with E-state index >= 15 is 0 Å². The van der Waals surface area contributed by atoms with E-state index in [-0.39, 0.29) is 0 Å². The van der Waals surface area contributed by atoms with E-state index in [1.807, 2.05) is 6.07 Å². The van der Waals surface area contributed by atoms with Gasteiger partial charge in [0.25, 0.3) is 0 Å². The summed E-state index contributed by atoms with van der Waals surface area (Å²) in [6.45, 7) is 9.98. The van der Waals surface area contributed by atoms with Gasteiger partial charge in [0.2, 0.25) is 0 Å². The number of aryl methyl sites for hydroxylation is 1. The van der Waals surface area contributed by atoms with Crippen molar-refractivity contribution >= 4 is 21.7 Å². The molecule has 4 heteroatoms. The van der Waals surface area contributed by atoms with Crippen LogP contribution >= 0.6 is 15.9 Å². The summed E-state index contributed by atoms with van der Waals surface area (Å²) in [5, 5.41) is 3.47. The minimum Gasteiger partial charge on any atom is -0.369 e. The molecule has 0 radical (unpaired) electrons. The Bertz CT molecular complexity index is 405. The fourth-order valence-corrected chi connectivity index (χ4v) is 2.58. The zero-order valence-electron chi connectivity index (χ0n) is 13.3. The van der Waals surface area contributed by atoms with Crippen molar-refractivity contribution in [2.45, 2.75) is 66.2 Å². The maximum atomic E-state index is 4.57. The fraction of sp³-hybridized carbons (Fsp3) is 0.750. The lowest BCUT2D eigenvalue weighted by Crippen LogP contribution is -2.23. The molecule has 0 amide bonds. The number of hydrogen-bond acceptors (Lipinski definition) is 3. The van der Waals surface area contributed by atoms with Gasteiger partial charge < -0.3 is 5.32 Å². The van der Waals surface area contributed by atoms with Crippen LogP contribution in [0.3, 0.4) is 0 Å². The summed E-state index contributed by atoms with van der Waals surface area (Å²) >= 11 is 3.46. The van der Waals surface area contributed by atoms with Crippen LogP contribution in [0.1, 0.15) is 65.6 Å². The number of aromatic nitrogens is 2. The summed E-state index contributed by atoms with van der Waals surface area (Å²) in [5.41, 5.74) is 0.303. The summed E-state index contributed by atoms with van der Waals surface area (Å²) in [7, 11) is 0. The first-order valence-corrected chi connectivity index (χ1v) is 8.53. The smallest absolute Gasteiger partial charge is 0.132 e. The largest absolute Gasteiger partial charge is 0.369 e. The minimum atomic E-state index is 0.303. The molecule has 1 heterocycles. The van der Waals surface area contributed by atoms with Gasteiger partial charge in [0.1, 0.15) is 16.2 Å². The molecular weight excluding hydrogens is 314 g/mol. The molecule has 0 aliphatic heterocycles. The van der Waals surface area contributed by atoms with Crippen molar-refractivity contribution in [2.75, 3.05) is 11.9 Å². The van der Waals surface area contributed by atoms with Crippen molar-refractivity contribution in [1.82, 2.24) is 9.97 Å². The minimum absolute atomic E-state index is 0.303.